The van der Waals surface area contributed by atoms with Gasteiger partial charge in [-0.15, -0.1) is 0 Å². The molecule has 2 spiro atoms. The van der Waals surface area contributed by atoms with E-state index in [0.29, 0.717) is 11.1 Å². The first-order chi connectivity index (χ1) is 11.2. The molecule has 4 atom stereocenters. The van der Waals surface area contributed by atoms with Gasteiger partial charge < -0.3 is 10.6 Å². The second-order valence-corrected chi connectivity index (χ2v) is 9.64. The largest absolute Gasteiger partial charge is 0.309 e. The summed E-state index contributed by atoms with van der Waals surface area (Å²) in [6.45, 7) is 2.39. The molecule has 2 heteroatoms. The van der Waals surface area contributed by atoms with Crippen molar-refractivity contribution < 1.29 is 0 Å². The average Bonchev–Trinajstić information content (AvgIpc) is 2.90. The van der Waals surface area contributed by atoms with Gasteiger partial charge in [0.1, 0.15) is 0 Å². The lowest BCUT2D eigenvalue weighted by Gasteiger charge is -2.46. The van der Waals surface area contributed by atoms with Gasteiger partial charge in [-0.25, -0.2) is 0 Å². The van der Waals surface area contributed by atoms with Crippen LogP contribution in [0.15, 0.2) is 0 Å². The Balaban J connectivity index is 1.32. The van der Waals surface area contributed by atoms with E-state index in [1.807, 2.05) is 0 Å². The minimum atomic E-state index is 0.527. The van der Waals surface area contributed by atoms with Gasteiger partial charge in [-0.05, 0) is 77.0 Å². The molecule has 4 aliphatic rings. The molecule has 132 valence electrons. The third-order valence-corrected chi connectivity index (χ3v) is 7.70. The molecule has 2 heterocycles. The molecule has 23 heavy (non-hydrogen) atoms. The second-order valence-electron chi connectivity index (χ2n) is 9.64. The lowest BCUT2D eigenvalue weighted by Crippen LogP contribution is -2.55. The Bertz CT molecular complexity index is 395. The molecule has 4 unspecified atom stereocenters. The summed E-state index contributed by atoms with van der Waals surface area (Å²) in [5, 5.41) is 8.17. The Morgan fingerprint density at radius 2 is 1.48 bits per heavy atom. The minimum absolute atomic E-state index is 0.527. The molecule has 2 aliphatic carbocycles. The van der Waals surface area contributed by atoms with Crippen molar-refractivity contribution in [3.8, 4) is 0 Å². The van der Waals surface area contributed by atoms with E-state index in [0.717, 1.165) is 18.0 Å². The van der Waals surface area contributed by atoms with Crippen LogP contribution in [-0.2, 0) is 0 Å². The molecular weight excluding hydrogens is 280 g/mol. The average molecular weight is 319 g/mol. The molecule has 0 aromatic rings. The molecular formula is C21H38N2. The van der Waals surface area contributed by atoms with Crippen LogP contribution in [0.2, 0.25) is 0 Å². The van der Waals surface area contributed by atoms with Crippen LogP contribution in [0.1, 0.15) is 103 Å². The molecule has 0 aromatic carbocycles. The van der Waals surface area contributed by atoms with Gasteiger partial charge in [-0.3, -0.25) is 0 Å². The highest BCUT2D eigenvalue weighted by atomic mass is 15.0. The Morgan fingerprint density at radius 3 is 2.30 bits per heavy atom. The SMILES string of the molecule is CC1CCCC2(CCC(CC3CCCC4(CCCCC4)N3)C2)N1. The van der Waals surface area contributed by atoms with E-state index < -0.39 is 0 Å². The van der Waals surface area contributed by atoms with Crippen molar-refractivity contribution in [3.63, 3.8) is 0 Å². The van der Waals surface area contributed by atoms with Gasteiger partial charge in [-0.1, -0.05) is 32.1 Å². The smallest absolute Gasteiger partial charge is 0.0186 e. The van der Waals surface area contributed by atoms with Gasteiger partial charge in [0, 0.05) is 23.2 Å². The Kier molecular flexibility index (Phi) is 4.75. The van der Waals surface area contributed by atoms with Crippen LogP contribution >= 0.6 is 0 Å². The summed E-state index contributed by atoms with van der Waals surface area (Å²) in [5.74, 6) is 0.976. The van der Waals surface area contributed by atoms with E-state index in [9.17, 15) is 0 Å². The summed E-state index contributed by atoms with van der Waals surface area (Å²) in [4.78, 5) is 0. The van der Waals surface area contributed by atoms with Crippen molar-refractivity contribution in [2.24, 2.45) is 5.92 Å². The molecule has 0 amide bonds. The van der Waals surface area contributed by atoms with Gasteiger partial charge in [-0.2, -0.15) is 0 Å². The zero-order chi connectivity index (χ0) is 15.8. The number of nitrogens with one attached hydrogen (secondary N) is 2. The van der Waals surface area contributed by atoms with Crippen molar-refractivity contribution >= 4 is 0 Å². The van der Waals surface area contributed by atoms with Gasteiger partial charge in [0.15, 0.2) is 0 Å². The van der Waals surface area contributed by atoms with Crippen molar-refractivity contribution in [1.82, 2.24) is 10.6 Å². The first-order valence-corrected chi connectivity index (χ1v) is 10.7. The third kappa shape index (κ3) is 3.63. The van der Waals surface area contributed by atoms with Crippen molar-refractivity contribution in [3.05, 3.63) is 0 Å². The highest BCUT2D eigenvalue weighted by Gasteiger charge is 2.43. The van der Waals surface area contributed by atoms with E-state index >= 15 is 0 Å². The van der Waals surface area contributed by atoms with E-state index in [2.05, 4.69) is 17.6 Å². The van der Waals surface area contributed by atoms with Crippen molar-refractivity contribution in [1.29, 1.82) is 0 Å². The van der Waals surface area contributed by atoms with Crippen LogP contribution in [0, 0.1) is 5.92 Å². The van der Waals surface area contributed by atoms with Crippen LogP contribution in [0.3, 0.4) is 0 Å². The lowest BCUT2D eigenvalue weighted by molar-refractivity contribution is 0.136. The van der Waals surface area contributed by atoms with Crippen LogP contribution in [-0.4, -0.2) is 23.2 Å². The third-order valence-electron chi connectivity index (χ3n) is 7.70. The maximum absolute atomic E-state index is 4.18. The predicted molar refractivity (Wildman–Crippen MR) is 97.7 cm³/mol. The number of rotatable bonds is 2. The normalized spacial score (nSPS) is 44.0. The minimum Gasteiger partial charge on any atom is -0.309 e. The fraction of sp³-hybridized carbons (Fsp3) is 1.00. The number of hydrogen-bond acceptors (Lipinski definition) is 2. The van der Waals surface area contributed by atoms with Crippen molar-refractivity contribution in [2.45, 2.75) is 126 Å². The lowest BCUT2D eigenvalue weighted by atomic mass is 9.74. The molecule has 0 bridgehead atoms. The first-order valence-electron chi connectivity index (χ1n) is 10.7. The molecule has 0 radical (unpaired) electrons. The summed E-state index contributed by atoms with van der Waals surface area (Å²) in [6, 6.07) is 1.57. The topological polar surface area (TPSA) is 24.1 Å². The maximum atomic E-state index is 4.18. The van der Waals surface area contributed by atoms with E-state index in [-0.39, 0.29) is 0 Å². The van der Waals surface area contributed by atoms with Crippen LogP contribution in [0.4, 0.5) is 0 Å². The molecule has 2 saturated heterocycles. The van der Waals surface area contributed by atoms with Gasteiger partial charge in [0.25, 0.3) is 0 Å². The van der Waals surface area contributed by atoms with Crippen LogP contribution < -0.4 is 10.6 Å². The summed E-state index contributed by atoms with van der Waals surface area (Å²) in [5.41, 5.74) is 1.08. The fourth-order valence-corrected chi connectivity index (χ4v) is 6.68. The second kappa shape index (κ2) is 6.67. The zero-order valence-electron chi connectivity index (χ0n) is 15.3. The Labute approximate surface area is 143 Å². The summed E-state index contributed by atoms with van der Waals surface area (Å²) >= 11 is 0. The Hall–Kier alpha value is -0.0800. The van der Waals surface area contributed by atoms with Crippen LogP contribution in [0.25, 0.3) is 0 Å². The van der Waals surface area contributed by atoms with E-state index in [1.165, 1.54) is 96.3 Å². The molecule has 4 rings (SSSR count). The summed E-state index contributed by atoms with van der Waals surface area (Å²) in [7, 11) is 0. The highest BCUT2D eigenvalue weighted by Crippen LogP contribution is 2.44. The van der Waals surface area contributed by atoms with E-state index in [4.69, 9.17) is 0 Å². The van der Waals surface area contributed by atoms with Gasteiger partial charge >= 0.3 is 0 Å². The molecule has 2 N–H and O–H groups in total. The maximum Gasteiger partial charge on any atom is 0.0186 e. The number of piperidine rings is 2. The van der Waals surface area contributed by atoms with Gasteiger partial charge in [0.2, 0.25) is 0 Å². The number of hydrogen-bond donors (Lipinski definition) is 2. The summed E-state index contributed by atoms with van der Waals surface area (Å²) in [6.07, 6.45) is 21.8. The highest BCUT2D eigenvalue weighted by molar-refractivity contribution is 5.02. The van der Waals surface area contributed by atoms with E-state index in [1.54, 1.807) is 0 Å². The quantitative estimate of drug-likeness (QED) is 0.755. The Morgan fingerprint density at radius 1 is 0.739 bits per heavy atom. The summed E-state index contributed by atoms with van der Waals surface area (Å²) < 4.78 is 0. The van der Waals surface area contributed by atoms with Gasteiger partial charge in [0.05, 0.1) is 0 Å². The van der Waals surface area contributed by atoms with Crippen molar-refractivity contribution in [2.75, 3.05) is 0 Å². The van der Waals surface area contributed by atoms with Crippen LogP contribution in [0.5, 0.6) is 0 Å². The molecule has 2 saturated carbocycles. The fourth-order valence-electron chi connectivity index (χ4n) is 6.68. The standard InChI is InChI=1S/C21H38N2/c1-17-7-5-13-21(22-17)14-9-18(16-21)15-19-8-6-12-20(23-19)10-3-2-4-11-20/h17-19,22-23H,2-16H2,1H3. The molecule has 4 fully saturated rings. The molecule has 2 aliphatic heterocycles. The monoisotopic (exact) mass is 318 g/mol. The predicted octanol–water partition coefficient (Wildman–Crippen LogP) is 4.92. The molecule has 2 nitrogen and oxygen atoms in total. The zero-order valence-corrected chi connectivity index (χ0v) is 15.3. The first kappa shape index (κ1) is 16.4. The molecule has 0 aromatic heterocycles.